The van der Waals surface area contributed by atoms with Crippen LogP contribution in [-0.2, 0) is 20.9 Å². The standard InChI is InChI=1S/C19H26ClIN2O5Si/c1-29(2,3)5-4-25-10-23-13-6-11(20)19(21)22-12(13)7-16(23)28-15-9-27-17-14(24)8-26-18(15)17/h6-7,14-15,17-18,24H,4-5,8-10H2,1-3H3/t14-,15-,17-,18-/m1/s1. The van der Waals surface area contributed by atoms with E-state index in [1.807, 2.05) is 16.7 Å². The quantitative estimate of drug-likeness (QED) is 0.245. The van der Waals surface area contributed by atoms with Crippen LogP contribution in [0.1, 0.15) is 0 Å². The monoisotopic (exact) mass is 552 g/mol. The summed E-state index contributed by atoms with van der Waals surface area (Å²) in [6, 6.07) is 4.88. The van der Waals surface area contributed by atoms with Crippen LogP contribution in [0.25, 0.3) is 11.0 Å². The molecule has 160 valence electrons. The molecule has 0 spiro atoms. The summed E-state index contributed by atoms with van der Waals surface area (Å²) in [6.07, 6.45) is -1.51. The molecule has 0 aliphatic carbocycles. The second kappa shape index (κ2) is 8.60. The van der Waals surface area contributed by atoms with E-state index in [1.165, 1.54) is 0 Å². The maximum Gasteiger partial charge on any atom is 0.198 e. The van der Waals surface area contributed by atoms with Crippen molar-refractivity contribution < 1.29 is 24.1 Å². The van der Waals surface area contributed by atoms with E-state index in [4.69, 9.17) is 30.5 Å². The maximum absolute atomic E-state index is 9.97. The predicted octanol–water partition coefficient (Wildman–Crippen LogP) is 3.51. The van der Waals surface area contributed by atoms with Gasteiger partial charge in [0.25, 0.3) is 0 Å². The molecule has 4 heterocycles. The second-order valence-electron chi connectivity index (χ2n) is 8.74. The molecular weight excluding hydrogens is 527 g/mol. The van der Waals surface area contributed by atoms with Crippen LogP contribution in [0.4, 0.5) is 0 Å². The van der Waals surface area contributed by atoms with Crippen molar-refractivity contribution in [3.05, 3.63) is 20.9 Å². The number of rotatable bonds is 7. The van der Waals surface area contributed by atoms with Gasteiger partial charge in [0.2, 0.25) is 0 Å². The van der Waals surface area contributed by atoms with Crippen molar-refractivity contribution in [1.82, 2.24) is 9.55 Å². The minimum atomic E-state index is -1.17. The fourth-order valence-electron chi connectivity index (χ4n) is 3.57. The first-order valence-corrected chi connectivity index (χ1v) is 14.9. The fourth-order valence-corrected chi connectivity index (χ4v) is 4.89. The van der Waals surface area contributed by atoms with Gasteiger partial charge in [-0.2, -0.15) is 0 Å². The lowest BCUT2D eigenvalue weighted by Crippen LogP contribution is -2.35. The molecule has 29 heavy (non-hydrogen) atoms. The molecule has 10 heteroatoms. The molecule has 1 N–H and O–H groups in total. The summed E-state index contributed by atoms with van der Waals surface area (Å²) < 4.78 is 26.3. The molecule has 0 unspecified atom stereocenters. The molecule has 2 saturated heterocycles. The first-order valence-electron chi connectivity index (χ1n) is 9.74. The normalized spacial score (nSPS) is 27.0. The SMILES string of the molecule is C[Si](C)(C)CCOCn1c(O[C@@H]2CO[C@H]3[C@@H]2OC[C@H]3O)cc2nc(I)c(Cl)cc21. The van der Waals surface area contributed by atoms with Crippen LogP contribution in [0, 0.1) is 3.70 Å². The second-order valence-corrected chi connectivity index (χ2v) is 15.8. The number of pyridine rings is 1. The Balaban J connectivity index is 1.57. The lowest BCUT2D eigenvalue weighted by atomic mass is 10.1. The van der Waals surface area contributed by atoms with Crippen LogP contribution in [-0.4, -0.2) is 67.0 Å². The average Bonchev–Trinajstić information content (AvgIpc) is 3.29. The Morgan fingerprint density at radius 2 is 2.03 bits per heavy atom. The molecule has 0 bridgehead atoms. The molecule has 4 rings (SSSR count). The minimum Gasteiger partial charge on any atom is -0.470 e. The molecule has 0 aromatic carbocycles. The largest absolute Gasteiger partial charge is 0.470 e. The zero-order chi connectivity index (χ0) is 20.8. The van der Waals surface area contributed by atoms with E-state index >= 15 is 0 Å². The first kappa shape index (κ1) is 21.8. The summed E-state index contributed by atoms with van der Waals surface area (Å²) in [5.74, 6) is 0.637. The van der Waals surface area contributed by atoms with E-state index in [0.29, 0.717) is 30.8 Å². The Morgan fingerprint density at radius 3 is 2.79 bits per heavy atom. The maximum atomic E-state index is 9.97. The molecule has 2 aromatic rings. The number of fused-ring (bicyclic) bond motifs is 2. The highest BCUT2D eigenvalue weighted by atomic mass is 127. The topological polar surface area (TPSA) is 75.0 Å². The van der Waals surface area contributed by atoms with Crippen molar-refractivity contribution in [3.8, 4) is 5.88 Å². The zero-order valence-corrected chi connectivity index (χ0v) is 20.6. The molecule has 0 radical (unpaired) electrons. The van der Waals surface area contributed by atoms with Gasteiger partial charge in [0.15, 0.2) is 12.0 Å². The van der Waals surface area contributed by atoms with Gasteiger partial charge in [0.1, 0.15) is 28.7 Å². The van der Waals surface area contributed by atoms with Gasteiger partial charge < -0.3 is 24.1 Å². The summed E-state index contributed by atoms with van der Waals surface area (Å²) >= 11 is 8.44. The third-order valence-electron chi connectivity index (χ3n) is 5.23. The van der Waals surface area contributed by atoms with Gasteiger partial charge in [-0.05, 0) is 34.7 Å². The van der Waals surface area contributed by atoms with E-state index in [-0.39, 0.29) is 24.9 Å². The fraction of sp³-hybridized carbons (Fsp3) is 0.632. The van der Waals surface area contributed by atoms with Crippen LogP contribution in [0.5, 0.6) is 5.88 Å². The molecule has 0 saturated carbocycles. The first-order chi connectivity index (χ1) is 13.7. The van der Waals surface area contributed by atoms with Gasteiger partial charge in [-0.3, -0.25) is 4.57 Å². The van der Waals surface area contributed by atoms with E-state index in [2.05, 4.69) is 47.2 Å². The van der Waals surface area contributed by atoms with Gasteiger partial charge in [0, 0.05) is 20.7 Å². The van der Waals surface area contributed by atoms with Gasteiger partial charge >= 0.3 is 0 Å². The number of aromatic nitrogens is 2. The summed E-state index contributed by atoms with van der Waals surface area (Å²) in [5, 5.41) is 10.6. The van der Waals surface area contributed by atoms with Crippen molar-refractivity contribution >= 4 is 53.3 Å². The van der Waals surface area contributed by atoms with Crippen molar-refractivity contribution in [2.45, 2.75) is 56.8 Å². The summed E-state index contributed by atoms with van der Waals surface area (Å²) in [5.41, 5.74) is 1.66. The Bertz CT molecular complexity index is 890. The molecule has 0 amide bonds. The smallest absolute Gasteiger partial charge is 0.198 e. The van der Waals surface area contributed by atoms with E-state index in [9.17, 15) is 5.11 Å². The van der Waals surface area contributed by atoms with Crippen LogP contribution in [0.2, 0.25) is 30.7 Å². The molecular formula is C19H26ClIN2O5Si. The summed E-state index contributed by atoms with van der Waals surface area (Å²) in [7, 11) is -1.17. The third kappa shape index (κ3) is 4.75. The zero-order valence-electron chi connectivity index (χ0n) is 16.7. The number of hydrogen-bond acceptors (Lipinski definition) is 6. The average molecular weight is 553 g/mol. The van der Waals surface area contributed by atoms with E-state index < -0.39 is 14.2 Å². The number of halogens is 2. The third-order valence-corrected chi connectivity index (χ3v) is 8.36. The van der Waals surface area contributed by atoms with Crippen molar-refractivity contribution in [1.29, 1.82) is 0 Å². The van der Waals surface area contributed by atoms with Gasteiger partial charge in [-0.25, -0.2) is 4.98 Å². The molecule has 2 aliphatic rings. The lowest BCUT2D eigenvalue weighted by molar-refractivity contribution is 0.00479. The molecule has 4 atom stereocenters. The van der Waals surface area contributed by atoms with Gasteiger partial charge in [0.05, 0.1) is 29.3 Å². The molecule has 2 aromatic heterocycles. The van der Waals surface area contributed by atoms with Crippen LogP contribution < -0.4 is 4.74 Å². The van der Waals surface area contributed by atoms with Gasteiger partial charge in [-0.1, -0.05) is 31.2 Å². The Labute approximate surface area is 189 Å². The highest BCUT2D eigenvalue weighted by Crippen LogP contribution is 2.33. The number of aliphatic hydroxyl groups excluding tert-OH is 1. The Morgan fingerprint density at radius 1 is 1.28 bits per heavy atom. The van der Waals surface area contributed by atoms with Crippen LogP contribution in [0.15, 0.2) is 12.1 Å². The Kier molecular flexibility index (Phi) is 6.46. The van der Waals surface area contributed by atoms with Crippen molar-refractivity contribution in [2.75, 3.05) is 19.8 Å². The number of ether oxygens (including phenoxy) is 4. The highest BCUT2D eigenvalue weighted by molar-refractivity contribution is 14.1. The minimum absolute atomic E-state index is 0.271. The van der Waals surface area contributed by atoms with Crippen LogP contribution in [0.3, 0.4) is 0 Å². The molecule has 7 nitrogen and oxygen atoms in total. The van der Waals surface area contributed by atoms with Gasteiger partial charge in [-0.15, -0.1) is 0 Å². The lowest BCUT2D eigenvalue weighted by Gasteiger charge is -2.20. The van der Waals surface area contributed by atoms with E-state index in [1.54, 1.807) is 0 Å². The number of hydrogen-bond donors (Lipinski definition) is 1. The number of nitrogens with zero attached hydrogens (tertiary/aromatic N) is 2. The highest BCUT2D eigenvalue weighted by Gasteiger charge is 2.48. The Hall–Kier alpha value is -0.433. The van der Waals surface area contributed by atoms with Crippen molar-refractivity contribution in [3.63, 3.8) is 0 Å². The molecule has 2 fully saturated rings. The van der Waals surface area contributed by atoms with E-state index in [0.717, 1.165) is 20.8 Å². The summed E-state index contributed by atoms with van der Waals surface area (Å²) in [4.78, 5) is 4.58. The molecule has 2 aliphatic heterocycles. The predicted molar refractivity (Wildman–Crippen MR) is 121 cm³/mol. The number of aliphatic hydroxyl groups is 1. The summed E-state index contributed by atoms with van der Waals surface area (Å²) in [6.45, 7) is 8.68. The van der Waals surface area contributed by atoms with Crippen molar-refractivity contribution in [2.24, 2.45) is 0 Å². The van der Waals surface area contributed by atoms with Crippen LogP contribution >= 0.6 is 34.2 Å².